The van der Waals surface area contributed by atoms with E-state index in [1.807, 2.05) is 0 Å². The number of carbonyl (C=O) groups excluding carboxylic acids is 1. The first-order valence-electron chi connectivity index (χ1n) is 5.90. The predicted octanol–water partition coefficient (Wildman–Crippen LogP) is 5.52. The summed E-state index contributed by atoms with van der Waals surface area (Å²) >= 11 is 11.6. The summed E-state index contributed by atoms with van der Waals surface area (Å²) in [4.78, 5) is 12.2. The molecule has 2 aromatic carbocycles. The summed E-state index contributed by atoms with van der Waals surface area (Å²) in [6, 6.07) is 11.2. The van der Waals surface area contributed by atoms with Gasteiger partial charge in [0.25, 0.3) is 0 Å². The Balaban J connectivity index is 2.45. The lowest BCUT2D eigenvalue weighted by Crippen LogP contribution is -2.16. The van der Waals surface area contributed by atoms with E-state index in [1.165, 1.54) is 6.07 Å². The number of rotatable bonds is 3. The maximum absolute atomic E-state index is 13.0. The van der Waals surface area contributed by atoms with Crippen molar-refractivity contribution in [2.45, 2.75) is 11.6 Å². The van der Waals surface area contributed by atoms with Gasteiger partial charge >= 0.3 is 6.18 Å². The summed E-state index contributed by atoms with van der Waals surface area (Å²) < 4.78 is 39.0. The molecule has 0 amide bonds. The van der Waals surface area contributed by atoms with Crippen LogP contribution in [0.25, 0.3) is 0 Å². The fourth-order valence-electron chi connectivity index (χ4n) is 1.88. The molecule has 2 aromatic rings. The van der Waals surface area contributed by atoms with Crippen LogP contribution in [0.4, 0.5) is 13.2 Å². The van der Waals surface area contributed by atoms with Crippen LogP contribution >= 0.6 is 23.2 Å². The lowest BCUT2D eigenvalue weighted by molar-refractivity contribution is -0.137. The van der Waals surface area contributed by atoms with Crippen molar-refractivity contribution in [3.63, 3.8) is 0 Å². The first-order valence-corrected chi connectivity index (χ1v) is 6.72. The molecule has 1 unspecified atom stereocenters. The van der Waals surface area contributed by atoms with Crippen molar-refractivity contribution in [2.75, 3.05) is 0 Å². The quantitative estimate of drug-likeness (QED) is 0.534. The van der Waals surface area contributed by atoms with Gasteiger partial charge < -0.3 is 0 Å². The zero-order chi connectivity index (χ0) is 15.6. The van der Waals surface area contributed by atoms with Crippen LogP contribution in [0, 0.1) is 0 Å². The van der Waals surface area contributed by atoms with Crippen molar-refractivity contribution in [2.24, 2.45) is 0 Å². The molecule has 0 saturated carbocycles. The number of Topliss-reactive ketones (excluding diaryl/α,β-unsaturated/α-hetero) is 1. The van der Waals surface area contributed by atoms with Gasteiger partial charge in [-0.1, -0.05) is 41.9 Å². The molecular weight excluding hydrogens is 324 g/mol. The van der Waals surface area contributed by atoms with Gasteiger partial charge in [0.2, 0.25) is 0 Å². The molecule has 0 bridgehead atoms. The normalized spacial score (nSPS) is 13.0. The van der Waals surface area contributed by atoms with E-state index in [4.69, 9.17) is 23.2 Å². The highest BCUT2D eigenvalue weighted by Crippen LogP contribution is 2.36. The molecule has 0 saturated heterocycles. The molecule has 1 atom stereocenters. The van der Waals surface area contributed by atoms with E-state index in [1.54, 1.807) is 30.3 Å². The Kier molecular flexibility index (Phi) is 4.59. The molecule has 2 rings (SSSR count). The molecule has 1 nitrogen and oxygen atoms in total. The van der Waals surface area contributed by atoms with Gasteiger partial charge in [-0.25, -0.2) is 0 Å². The Morgan fingerprint density at radius 3 is 2.24 bits per heavy atom. The molecule has 0 aromatic heterocycles. The van der Waals surface area contributed by atoms with Crippen molar-refractivity contribution in [1.82, 2.24) is 0 Å². The van der Waals surface area contributed by atoms with E-state index in [-0.39, 0.29) is 5.02 Å². The predicted molar refractivity (Wildman–Crippen MR) is 75.8 cm³/mol. The monoisotopic (exact) mass is 332 g/mol. The van der Waals surface area contributed by atoms with E-state index >= 15 is 0 Å². The second-order valence-corrected chi connectivity index (χ2v) is 5.20. The van der Waals surface area contributed by atoms with Crippen molar-refractivity contribution in [1.29, 1.82) is 0 Å². The summed E-state index contributed by atoms with van der Waals surface area (Å²) in [6.45, 7) is 0. The number of alkyl halides is 4. The number of benzene rings is 2. The Labute approximate surface area is 129 Å². The van der Waals surface area contributed by atoms with Gasteiger partial charge in [-0.3, -0.25) is 4.79 Å². The third-order valence-corrected chi connectivity index (χ3v) is 3.56. The fraction of sp³-hybridized carbons (Fsp3) is 0.133. The third kappa shape index (κ3) is 3.57. The number of hydrogen-bond acceptors (Lipinski definition) is 1. The van der Waals surface area contributed by atoms with Crippen LogP contribution in [0.3, 0.4) is 0 Å². The minimum atomic E-state index is -4.68. The average molecular weight is 333 g/mol. The van der Waals surface area contributed by atoms with Crippen LogP contribution < -0.4 is 0 Å². The topological polar surface area (TPSA) is 17.1 Å². The molecule has 0 radical (unpaired) electrons. The van der Waals surface area contributed by atoms with Gasteiger partial charge in [-0.05, 0) is 23.8 Å². The van der Waals surface area contributed by atoms with Gasteiger partial charge in [0, 0.05) is 10.6 Å². The highest BCUT2D eigenvalue weighted by molar-refractivity contribution is 6.34. The standard InChI is InChI=1S/C15H9Cl2F3O/c16-10-6-7-11(12(8-10)15(18,19)20)14(21)13(17)9-4-2-1-3-5-9/h1-8,13H. The zero-order valence-corrected chi connectivity index (χ0v) is 12.0. The Morgan fingerprint density at radius 2 is 1.67 bits per heavy atom. The highest BCUT2D eigenvalue weighted by Gasteiger charge is 2.36. The maximum atomic E-state index is 13.0. The van der Waals surface area contributed by atoms with Gasteiger partial charge in [-0.15, -0.1) is 11.6 Å². The summed E-state index contributed by atoms with van der Waals surface area (Å²) in [5.41, 5.74) is -1.13. The van der Waals surface area contributed by atoms with Crippen LogP contribution in [0.15, 0.2) is 48.5 Å². The van der Waals surface area contributed by atoms with E-state index in [0.717, 1.165) is 12.1 Å². The van der Waals surface area contributed by atoms with Crippen LogP contribution in [0.1, 0.15) is 26.9 Å². The smallest absolute Gasteiger partial charge is 0.292 e. The molecule has 0 aliphatic carbocycles. The molecule has 110 valence electrons. The summed E-state index contributed by atoms with van der Waals surface area (Å²) in [7, 11) is 0. The molecule has 0 spiro atoms. The Hall–Kier alpha value is -1.52. The highest BCUT2D eigenvalue weighted by atomic mass is 35.5. The second-order valence-electron chi connectivity index (χ2n) is 4.33. The van der Waals surface area contributed by atoms with Gasteiger partial charge in [0.15, 0.2) is 5.78 Å². The molecule has 0 aliphatic heterocycles. The minimum absolute atomic E-state index is 0.0929. The summed E-state index contributed by atoms with van der Waals surface area (Å²) in [6.07, 6.45) is -4.68. The summed E-state index contributed by atoms with van der Waals surface area (Å²) in [5, 5.41) is -1.28. The van der Waals surface area contributed by atoms with Crippen molar-refractivity contribution < 1.29 is 18.0 Å². The van der Waals surface area contributed by atoms with Crippen molar-refractivity contribution >= 4 is 29.0 Å². The number of carbonyl (C=O) groups is 1. The van der Waals surface area contributed by atoms with E-state index in [0.29, 0.717) is 5.56 Å². The van der Waals surface area contributed by atoms with Gasteiger partial charge in [0.1, 0.15) is 5.38 Å². The SMILES string of the molecule is O=C(c1ccc(Cl)cc1C(F)(F)F)C(Cl)c1ccccc1. The molecule has 0 aliphatic rings. The van der Waals surface area contributed by atoms with Crippen LogP contribution in [-0.2, 0) is 6.18 Å². The lowest BCUT2D eigenvalue weighted by Gasteiger charge is -2.15. The van der Waals surface area contributed by atoms with E-state index in [9.17, 15) is 18.0 Å². The molecule has 0 N–H and O–H groups in total. The van der Waals surface area contributed by atoms with E-state index < -0.39 is 28.5 Å². The maximum Gasteiger partial charge on any atom is 0.417 e. The number of halogens is 5. The third-order valence-electron chi connectivity index (χ3n) is 2.87. The number of ketones is 1. The van der Waals surface area contributed by atoms with E-state index in [2.05, 4.69) is 0 Å². The van der Waals surface area contributed by atoms with Crippen LogP contribution in [-0.4, -0.2) is 5.78 Å². The molecule has 0 heterocycles. The Morgan fingerprint density at radius 1 is 1.05 bits per heavy atom. The molecule has 21 heavy (non-hydrogen) atoms. The van der Waals surface area contributed by atoms with Crippen LogP contribution in [0.5, 0.6) is 0 Å². The summed E-state index contributed by atoms with van der Waals surface area (Å²) in [5.74, 6) is -0.813. The average Bonchev–Trinajstić information content (AvgIpc) is 2.45. The Bertz CT molecular complexity index is 654. The largest absolute Gasteiger partial charge is 0.417 e. The van der Waals surface area contributed by atoms with Crippen molar-refractivity contribution in [3.8, 4) is 0 Å². The number of hydrogen-bond donors (Lipinski definition) is 0. The molecule has 6 heteroatoms. The molecular formula is C15H9Cl2F3O. The minimum Gasteiger partial charge on any atom is -0.292 e. The first-order chi connectivity index (χ1) is 9.80. The fourth-order valence-corrected chi connectivity index (χ4v) is 2.31. The van der Waals surface area contributed by atoms with Gasteiger partial charge in [-0.2, -0.15) is 13.2 Å². The zero-order valence-electron chi connectivity index (χ0n) is 10.5. The van der Waals surface area contributed by atoms with Gasteiger partial charge in [0.05, 0.1) is 5.56 Å². The van der Waals surface area contributed by atoms with Crippen LogP contribution in [0.2, 0.25) is 5.02 Å². The van der Waals surface area contributed by atoms with Crippen molar-refractivity contribution in [3.05, 3.63) is 70.2 Å². The first kappa shape index (κ1) is 15.9. The molecule has 0 fully saturated rings. The lowest BCUT2D eigenvalue weighted by atomic mass is 9.98. The second kappa shape index (κ2) is 6.08.